The van der Waals surface area contributed by atoms with Gasteiger partial charge in [0, 0.05) is 17.7 Å². The van der Waals surface area contributed by atoms with Crippen LogP contribution in [0.4, 0.5) is 0 Å². The molecule has 0 aliphatic carbocycles. The summed E-state index contributed by atoms with van der Waals surface area (Å²) < 4.78 is 5.30. The maximum Gasteiger partial charge on any atom is 0.115 e. The normalized spacial score (nSPS) is 16.1. The second-order valence-corrected chi connectivity index (χ2v) is 2.69. The molecule has 3 nitrogen and oxygen atoms in total. The Kier molecular flexibility index (Phi) is 1.58. The van der Waals surface area contributed by atoms with E-state index >= 15 is 0 Å². The number of aromatic nitrogens is 2. The van der Waals surface area contributed by atoms with Gasteiger partial charge in [-0.25, -0.2) is 9.97 Å². The predicted molar refractivity (Wildman–Crippen MR) is 40.1 cm³/mol. The van der Waals surface area contributed by atoms with Crippen molar-refractivity contribution in [3.63, 3.8) is 0 Å². The molecule has 11 heavy (non-hydrogen) atoms. The fraction of sp³-hybridized carbons (Fsp3) is 0.500. The third-order valence-corrected chi connectivity index (χ3v) is 1.98. The Hall–Kier alpha value is -0.960. The largest absolute Gasteiger partial charge is 0.376 e. The highest BCUT2D eigenvalue weighted by Crippen LogP contribution is 2.15. The molecular weight excluding hydrogens is 140 g/mol. The molecule has 0 saturated heterocycles. The van der Waals surface area contributed by atoms with Gasteiger partial charge in [0.1, 0.15) is 6.33 Å². The van der Waals surface area contributed by atoms with Crippen LogP contribution >= 0.6 is 0 Å². The second kappa shape index (κ2) is 2.58. The van der Waals surface area contributed by atoms with E-state index < -0.39 is 0 Å². The smallest absolute Gasteiger partial charge is 0.115 e. The summed E-state index contributed by atoms with van der Waals surface area (Å²) in [4.78, 5) is 8.29. The number of rotatable bonds is 0. The average Bonchev–Trinajstić information content (AvgIpc) is 2.06. The fourth-order valence-corrected chi connectivity index (χ4v) is 1.30. The van der Waals surface area contributed by atoms with E-state index in [-0.39, 0.29) is 0 Å². The van der Waals surface area contributed by atoms with Crippen LogP contribution in [0, 0.1) is 6.92 Å². The molecule has 0 spiro atoms. The van der Waals surface area contributed by atoms with Crippen LogP contribution in [0.5, 0.6) is 0 Å². The molecule has 58 valence electrons. The third-order valence-electron chi connectivity index (χ3n) is 1.98. The monoisotopic (exact) mass is 150 g/mol. The number of aryl methyl sites for hydroxylation is 1. The molecule has 0 saturated carbocycles. The van der Waals surface area contributed by atoms with Crippen molar-refractivity contribution in [3.05, 3.63) is 23.3 Å². The molecule has 3 heteroatoms. The van der Waals surface area contributed by atoms with Gasteiger partial charge in [-0.3, -0.25) is 0 Å². The summed E-state index contributed by atoms with van der Waals surface area (Å²) >= 11 is 0. The highest BCUT2D eigenvalue weighted by atomic mass is 16.5. The van der Waals surface area contributed by atoms with Gasteiger partial charge >= 0.3 is 0 Å². The number of hydrogen-bond donors (Lipinski definition) is 0. The zero-order valence-electron chi connectivity index (χ0n) is 6.50. The van der Waals surface area contributed by atoms with Gasteiger partial charge in [-0.05, 0) is 6.92 Å². The highest BCUT2D eigenvalue weighted by Gasteiger charge is 2.12. The minimum Gasteiger partial charge on any atom is -0.376 e. The van der Waals surface area contributed by atoms with Crippen LogP contribution in [-0.2, 0) is 17.8 Å². The first-order chi connectivity index (χ1) is 5.38. The van der Waals surface area contributed by atoms with Crippen molar-refractivity contribution in [1.82, 2.24) is 9.97 Å². The van der Waals surface area contributed by atoms with Crippen molar-refractivity contribution in [3.8, 4) is 0 Å². The zero-order valence-corrected chi connectivity index (χ0v) is 6.50. The summed E-state index contributed by atoms with van der Waals surface area (Å²) in [5.41, 5.74) is 3.39. The summed E-state index contributed by atoms with van der Waals surface area (Å²) in [7, 11) is 0. The van der Waals surface area contributed by atoms with Crippen molar-refractivity contribution in [2.45, 2.75) is 20.0 Å². The Bertz CT molecular complexity index is 273. The fourth-order valence-electron chi connectivity index (χ4n) is 1.30. The highest BCUT2D eigenvalue weighted by molar-refractivity contribution is 5.24. The van der Waals surface area contributed by atoms with Crippen LogP contribution in [0.25, 0.3) is 0 Å². The molecule has 0 atom stereocenters. The first-order valence-corrected chi connectivity index (χ1v) is 3.75. The second-order valence-electron chi connectivity index (χ2n) is 2.69. The number of ether oxygens (including phenoxy) is 1. The minimum atomic E-state index is 0.683. The zero-order chi connectivity index (χ0) is 7.68. The first-order valence-electron chi connectivity index (χ1n) is 3.75. The molecule has 1 aromatic rings. The van der Waals surface area contributed by atoms with Crippen molar-refractivity contribution in [2.24, 2.45) is 0 Å². The van der Waals surface area contributed by atoms with Crippen LogP contribution in [0.3, 0.4) is 0 Å². The van der Waals surface area contributed by atoms with Gasteiger partial charge in [0.05, 0.1) is 18.9 Å². The van der Waals surface area contributed by atoms with Gasteiger partial charge in [0.2, 0.25) is 0 Å². The summed E-state index contributed by atoms with van der Waals surface area (Å²) in [6, 6.07) is 0. The van der Waals surface area contributed by atoms with Crippen LogP contribution < -0.4 is 0 Å². The molecule has 0 N–H and O–H groups in total. The number of fused-ring (bicyclic) bond motifs is 1. The molecule has 1 aromatic heterocycles. The average molecular weight is 150 g/mol. The Labute approximate surface area is 65.4 Å². The quantitative estimate of drug-likeness (QED) is 0.550. The van der Waals surface area contributed by atoms with Crippen LogP contribution in [-0.4, -0.2) is 16.6 Å². The molecule has 1 aliphatic rings. The van der Waals surface area contributed by atoms with E-state index in [1.807, 2.05) is 6.92 Å². The van der Waals surface area contributed by atoms with E-state index in [1.165, 1.54) is 5.56 Å². The number of hydrogen-bond acceptors (Lipinski definition) is 3. The van der Waals surface area contributed by atoms with Gasteiger partial charge in [-0.1, -0.05) is 0 Å². The summed E-state index contributed by atoms with van der Waals surface area (Å²) in [5, 5.41) is 0. The molecular formula is C8H10N2O. The Morgan fingerprint density at radius 1 is 1.45 bits per heavy atom. The molecule has 0 bridgehead atoms. The summed E-state index contributed by atoms with van der Waals surface area (Å²) in [6.45, 7) is 3.47. The van der Waals surface area contributed by atoms with Crippen molar-refractivity contribution >= 4 is 0 Å². The molecule has 1 aliphatic heterocycles. The maximum atomic E-state index is 5.30. The predicted octanol–water partition coefficient (Wildman–Crippen LogP) is 0.858. The lowest BCUT2D eigenvalue weighted by atomic mass is 10.1. The van der Waals surface area contributed by atoms with Crippen molar-refractivity contribution < 1.29 is 4.74 Å². The molecule has 0 radical (unpaired) electrons. The molecule has 0 aromatic carbocycles. The molecule has 2 rings (SSSR count). The summed E-state index contributed by atoms with van der Waals surface area (Å²) in [5.74, 6) is 0. The lowest BCUT2D eigenvalue weighted by molar-refractivity contribution is 0.108. The lowest BCUT2D eigenvalue weighted by Gasteiger charge is -2.15. The van der Waals surface area contributed by atoms with Crippen LogP contribution in [0.2, 0.25) is 0 Å². The lowest BCUT2D eigenvalue weighted by Crippen LogP contribution is -2.13. The molecule has 0 fully saturated rings. The van der Waals surface area contributed by atoms with Crippen molar-refractivity contribution in [1.29, 1.82) is 0 Å². The minimum absolute atomic E-state index is 0.683. The van der Waals surface area contributed by atoms with E-state index in [1.54, 1.807) is 6.33 Å². The SMILES string of the molecule is Cc1ncnc2c1COCC2. The molecule has 2 heterocycles. The maximum absolute atomic E-state index is 5.30. The van der Waals surface area contributed by atoms with E-state index in [2.05, 4.69) is 9.97 Å². The molecule has 0 unspecified atom stereocenters. The van der Waals surface area contributed by atoms with Gasteiger partial charge in [-0.2, -0.15) is 0 Å². The number of nitrogens with zero attached hydrogens (tertiary/aromatic N) is 2. The van der Waals surface area contributed by atoms with Crippen LogP contribution in [0.15, 0.2) is 6.33 Å². The van der Waals surface area contributed by atoms with Crippen molar-refractivity contribution in [2.75, 3.05) is 6.61 Å². The van der Waals surface area contributed by atoms with E-state index in [9.17, 15) is 0 Å². The van der Waals surface area contributed by atoms with Gasteiger partial charge in [0.15, 0.2) is 0 Å². The van der Waals surface area contributed by atoms with E-state index in [4.69, 9.17) is 4.74 Å². The Balaban J connectivity index is 2.49. The first kappa shape index (κ1) is 6.73. The van der Waals surface area contributed by atoms with Gasteiger partial charge in [0.25, 0.3) is 0 Å². The van der Waals surface area contributed by atoms with Crippen LogP contribution in [0.1, 0.15) is 17.0 Å². The van der Waals surface area contributed by atoms with E-state index in [0.29, 0.717) is 6.61 Å². The van der Waals surface area contributed by atoms with E-state index in [0.717, 1.165) is 24.4 Å². The summed E-state index contributed by atoms with van der Waals surface area (Å²) in [6.07, 6.45) is 2.55. The Morgan fingerprint density at radius 2 is 2.36 bits per heavy atom. The Morgan fingerprint density at radius 3 is 3.18 bits per heavy atom. The molecule has 0 amide bonds. The standard InChI is InChI=1S/C8H10N2O/c1-6-7-4-11-3-2-8(7)10-5-9-6/h5H,2-4H2,1H3. The van der Waals surface area contributed by atoms with Gasteiger partial charge in [-0.15, -0.1) is 0 Å². The topological polar surface area (TPSA) is 35.0 Å². The third kappa shape index (κ3) is 1.12. The van der Waals surface area contributed by atoms with Gasteiger partial charge < -0.3 is 4.74 Å².